The number of para-hydroxylation sites is 4. The molecule has 0 aliphatic heterocycles. The predicted octanol–water partition coefficient (Wildman–Crippen LogP) is 10.1. The van der Waals surface area contributed by atoms with Gasteiger partial charge < -0.3 is 63.9 Å². The second kappa shape index (κ2) is 38.1. The van der Waals surface area contributed by atoms with Crippen LogP contribution < -0.4 is 63.9 Å². The Morgan fingerprint density at radius 1 is 0.369 bits per heavy atom. The Morgan fingerprint density at radius 2 is 0.748 bits per heavy atom. The van der Waals surface area contributed by atoms with Gasteiger partial charge in [-0.25, -0.2) is 68.5 Å². The van der Waals surface area contributed by atoms with Crippen LogP contribution in [-0.2, 0) is 26.2 Å². The number of imidazole rings is 2. The first-order chi connectivity index (χ1) is 54.3. The molecular formula is C68H64Cl4N30O9. The van der Waals surface area contributed by atoms with Gasteiger partial charge in [-0.05, 0) is 82.8 Å². The average Bonchev–Trinajstić information content (AvgIpc) is 1.60. The molecule has 15 aromatic rings. The third kappa shape index (κ3) is 20.5. The van der Waals surface area contributed by atoms with Crippen molar-refractivity contribution in [3.05, 3.63) is 199 Å². The Hall–Kier alpha value is -13.8. The van der Waals surface area contributed by atoms with Crippen LogP contribution in [-0.4, -0.2) is 191 Å². The van der Waals surface area contributed by atoms with Crippen molar-refractivity contribution < 1.29 is 42.6 Å². The SMILES string of the molecule is COc1cc(Nc2ncnc(-n3c(Cl)nc4ccccc43)n2)cc(OC)c1OCCn1ccnn1.COc1cc(Nc2ncnc(-n3c(NCc4ccccn4)nc4ccccc43)n2)cc(OC)c1OCCn1ccnn1.COc1cc(Nc2ncnc(Cl)n2)cc(OC)c1OCCn1ccnn1.Clc1ncnc(Cl)n1. The molecule has 0 amide bonds. The van der Waals surface area contributed by atoms with E-state index in [0.29, 0.717) is 150 Å². The highest BCUT2D eigenvalue weighted by Gasteiger charge is 2.22. The zero-order chi connectivity index (χ0) is 77.3. The van der Waals surface area contributed by atoms with Crippen LogP contribution in [0.25, 0.3) is 34.0 Å². The molecule has 0 bridgehead atoms. The van der Waals surface area contributed by atoms with Crippen molar-refractivity contribution in [1.82, 2.24) is 129 Å². The molecule has 0 saturated carbocycles. The quantitative estimate of drug-likeness (QED) is 0.0338. The Balaban J connectivity index is 0.000000150. The minimum Gasteiger partial charge on any atom is -0.493 e. The first kappa shape index (κ1) is 76.8. The van der Waals surface area contributed by atoms with Gasteiger partial charge in [-0.1, -0.05) is 46.0 Å². The fraction of sp³-hybridized carbons (Fsp3) is 0.191. The smallest absolute Gasteiger partial charge is 0.241 e. The van der Waals surface area contributed by atoms with E-state index in [1.54, 1.807) is 141 Å². The zero-order valence-corrected chi connectivity index (χ0v) is 62.5. The molecule has 0 unspecified atom stereocenters. The lowest BCUT2D eigenvalue weighted by Gasteiger charge is -2.16. The molecular weight excluding hydrogens is 1520 g/mol. The number of fused-ring (bicyclic) bond motifs is 2. The molecule has 0 radical (unpaired) electrons. The largest absolute Gasteiger partial charge is 0.493 e. The lowest BCUT2D eigenvalue weighted by atomic mass is 10.2. The van der Waals surface area contributed by atoms with Gasteiger partial charge in [-0.2, -0.15) is 19.9 Å². The maximum Gasteiger partial charge on any atom is 0.241 e. The molecule has 4 N–H and O–H groups in total. The van der Waals surface area contributed by atoms with Crippen LogP contribution in [0.4, 0.5) is 40.9 Å². The molecule has 15 rings (SSSR count). The van der Waals surface area contributed by atoms with Gasteiger partial charge in [0.05, 0.1) is 115 Å². The van der Waals surface area contributed by atoms with Crippen LogP contribution in [0, 0.1) is 0 Å². The summed E-state index contributed by atoms with van der Waals surface area (Å²) in [4.78, 5) is 62.2. The molecule has 0 spiro atoms. The average molecular weight is 1590 g/mol. The fourth-order valence-electron chi connectivity index (χ4n) is 10.2. The third-order valence-corrected chi connectivity index (χ3v) is 15.9. The van der Waals surface area contributed by atoms with Crippen molar-refractivity contribution >= 4 is 109 Å². The minimum absolute atomic E-state index is 0.0921. The lowest BCUT2D eigenvalue weighted by molar-refractivity contribution is 0.258. The maximum atomic E-state index is 6.36. The van der Waals surface area contributed by atoms with Crippen molar-refractivity contribution in [3.8, 4) is 63.6 Å². The number of halogens is 4. The Bertz CT molecular complexity index is 5400. The summed E-state index contributed by atoms with van der Waals surface area (Å²) in [6, 6.07) is 31.6. The van der Waals surface area contributed by atoms with Crippen LogP contribution >= 0.6 is 46.4 Å². The molecule has 0 aliphatic rings. The lowest BCUT2D eigenvalue weighted by Crippen LogP contribution is -2.11. The van der Waals surface area contributed by atoms with E-state index >= 15 is 0 Å². The number of hydrogen-bond acceptors (Lipinski definition) is 34. The van der Waals surface area contributed by atoms with Gasteiger partial charge >= 0.3 is 0 Å². The third-order valence-electron chi connectivity index (χ3n) is 15.1. The van der Waals surface area contributed by atoms with Crippen molar-refractivity contribution in [2.45, 2.75) is 26.2 Å². The number of hydrogen-bond donors (Lipinski definition) is 4. The molecule has 0 aliphatic carbocycles. The van der Waals surface area contributed by atoms with E-state index in [2.05, 4.69) is 117 Å². The first-order valence-corrected chi connectivity index (χ1v) is 34.3. The molecule has 43 heteroatoms. The topological polar surface area (TPSA) is 427 Å². The normalized spacial score (nSPS) is 10.7. The number of nitrogens with one attached hydrogen (secondary N) is 4. The van der Waals surface area contributed by atoms with Crippen LogP contribution in [0.3, 0.4) is 0 Å². The molecule has 568 valence electrons. The predicted molar refractivity (Wildman–Crippen MR) is 405 cm³/mol. The van der Waals surface area contributed by atoms with E-state index in [9.17, 15) is 0 Å². The first-order valence-electron chi connectivity index (χ1n) is 32.8. The number of ether oxygens (including phenoxy) is 9. The minimum atomic E-state index is 0.0921. The molecule has 0 saturated heterocycles. The van der Waals surface area contributed by atoms with Gasteiger partial charge in [0.15, 0.2) is 34.5 Å². The molecule has 0 atom stereocenters. The number of methoxy groups -OCH3 is 6. The standard InChI is InChI=1S/C28H27N11O3.C22H20ClN9O3.C15H16ClN7O3.C3HCl2N3/c1-40-23-15-20(16-24(41-2)25(23)42-14-13-38-12-11-33-37-38)34-26-31-18-32-28(36-26)39-22-9-4-3-8-21(22)35-27(39)30-17-19-7-5-6-10-29-19;1-33-17-11-14(12-18(34-2)19(17)35-10-9-31-8-7-26-30-31)27-21-24-13-25-22(29-21)32-16-6-4-3-5-15(16)28-20(32)23;1-24-11-7-10(20-15-18-9-17-14(16)21-15)8-12(25-2)13(11)26-6-5-23-4-3-19-22-23;4-2-6-1-7-3(5)8-2/h3-12,15-16,18H,13-14,17H2,1-2H3,(H,30,35)(H,31,32,34,36);3-8,11-13H,9-10H2,1-2H3,(H,24,25,27,29);3-4,7-9H,5-6H2,1-2H3,(H,17,18,20,21);1H. The molecule has 39 nitrogen and oxygen atoms in total. The van der Waals surface area contributed by atoms with Gasteiger partial charge in [0.1, 0.15) is 45.1 Å². The number of aromatic nitrogens is 26. The Kier molecular flexibility index (Phi) is 26.4. The van der Waals surface area contributed by atoms with Gasteiger partial charge in [0.25, 0.3) is 0 Å². The summed E-state index contributed by atoms with van der Waals surface area (Å²) in [6.45, 7) is 3.11. The maximum absolute atomic E-state index is 6.36. The second-order valence-corrected chi connectivity index (χ2v) is 23.4. The number of benzene rings is 5. The van der Waals surface area contributed by atoms with Crippen LogP contribution in [0.1, 0.15) is 5.69 Å². The number of nitrogens with zero attached hydrogens (tertiary/aromatic N) is 26. The summed E-state index contributed by atoms with van der Waals surface area (Å²) in [6.07, 6.45) is 17.3. The second-order valence-electron chi connectivity index (χ2n) is 22.0. The van der Waals surface area contributed by atoms with Gasteiger partial charge in [-0.15, -0.1) is 15.3 Å². The Morgan fingerprint density at radius 3 is 1.14 bits per heavy atom. The van der Waals surface area contributed by atoms with E-state index in [1.165, 1.54) is 25.3 Å². The van der Waals surface area contributed by atoms with Crippen molar-refractivity contribution in [2.75, 3.05) is 83.7 Å². The summed E-state index contributed by atoms with van der Waals surface area (Å²) in [5.74, 6) is 6.51. The van der Waals surface area contributed by atoms with E-state index in [1.807, 2.05) is 71.3 Å². The van der Waals surface area contributed by atoms with Crippen LogP contribution in [0.2, 0.25) is 21.1 Å². The molecule has 5 aromatic carbocycles. The van der Waals surface area contributed by atoms with Crippen LogP contribution in [0.15, 0.2) is 172 Å². The summed E-state index contributed by atoms with van der Waals surface area (Å²) in [5.41, 5.74) is 5.94. The van der Waals surface area contributed by atoms with Crippen molar-refractivity contribution in [1.29, 1.82) is 0 Å². The van der Waals surface area contributed by atoms with Gasteiger partial charge in [0, 0.05) is 78.2 Å². The van der Waals surface area contributed by atoms with Gasteiger partial charge in [-0.3, -0.25) is 9.55 Å². The summed E-state index contributed by atoms with van der Waals surface area (Å²) < 4.78 is 59.3. The van der Waals surface area contributed by atoms with E-state index in [-0.39, 0.29) is 21.1 Å². The monoisotopic (exact) mass is 1580 g/mol. The highest BCUT2D eigenvalue weighted by molar-refractivity contribution is 6.31. The molecule has 111 heavy (non-hydrogen) atoms. The van der Waals surface area contributed by atoms with Gasteiger partial charge in [0.2, 0.25) is 74.1 Å². The Labute approximate surface area is 649 Å². The molecule has 0 fully saturated rings. The van der Waals surface area contributed by atoms with Crippen molar-refractivity contribution in [3.63, 3.8) is 0 Å². The summed E-state index contributed by atoms with van der Waals surface area (Å²) in [5, 5.41) is 36.4. The highest BCUT2D eigenvalue weighted by atomic mass is 35.5. The van der Waals surface area contributed by atoms with Crippen molar-refractivity contribution in [2.24, 2.45) is 0 Å². The summed E-state index contributed by atoms with van der Waals surface area (Å²) >= 11 is 22.7. The zero-order valence-electron chi connectivity index (χ0n) is 59.4. The molecule has 10 aromatic heterocycles. The number of pyridine rings is 1. The van der Waals surface area contributed by atoms with Crippen LogP contribution in [0.5, 0.6) is 51.7 Å². The number of anilines is 7. The summed E-state index contributed by atoms with van der Waals surface area (Å²) in [7, 11) is 9.32. The van der Waals surface area contributed by atoms with E-state index in [0.717, 1.165) is 27.8 Å². The highest BCUT2D eigenvalue weighted by Crippen LogP contribution is 2.44. The van der Waals surface area contributed by atoms with E-state index in [4.69, 9.17) is 99.0 Å². The number of rotatable bonds is 29. The molecule has 10 heterocycles. The fourth-order valence-corrected chi connectivity index (χ4v) is 10.8. The van der Waals surface area contributed by atoms with E-state index < -0.39 is 0 Å².